The van der Waals surface area contributed by atoms with Crippen molar-refractivity contribution in [2.45, 2.75) is 13.1 Å². The number of halogens is 2. The smallest absolute Gasteiger partial charge is 0.246 e. The molecule has 2 heterocycles. The van der Waals surface area contributed by atoms with Gasteiger partial charge in [0, 0.05) is 17.4 Å². The van der Waals surface area contributed by atoms with Crippen LogP contribution in [0.2, 0.25) is 10.0 Å². The number of anilines is 1. The second-order valence-corrected chi connectivity index (χ2v) is 5.83. The van der Waals surface area contributed by atoms with Crippen molar-refractivity contribution in [3.8, 4) is 0 Å². The van der Waals surface area contributed by atoms with Crippen LogP contribution in [0.1, 0.15) is 5.56 Å². The molecule has 1 amide bonds. The van der Waals surface area contributed by atoms with Crippen LogP contribution in [0.5, 0.6) is 0 Å². The van der Waals surface area contributed by atoms with Crippen LogP contribution in [0.25, 0.3) is 0 Å². The van der Waals surface area contributed by atoms with Crippen molar-refractivity contribution in [3.63, 3.8) is 0 Å². The minimum Gasteiger partial charge on any atom is -0.322 e. The molecule has 23 heavy (non-hydrogen) atoms. The SMILES string of the molecule is O=C(Cn1cc(Cl)cn1)Nc1cnn(Cc2cccc(Cl)c2)c1. The van der Waals surface area contributed by atoms with E-state index in [9.17, 15) is 4.79 Å². The number of nitrogens with zero attached hydrogens (tertiary/aromatic N) is 4. The van der Waals surface area contributed by atoms with E-state index in [0.29, 0.717) is 22.3 Å². The molecule has 1 N–H and O–H groups in total. The number of carbonyl (C=O) groups is 1. The summed E-state index contributed by atoms with van der Waals surface area (Å²) >= 11 is 11.7. The van der Waals surface area contributed by atoms with Crippen LogP contribution in [-0.2, 0) is 17.9 Å². The standard InChI is InChI=1S/C15H13Cl2N5O/c16-12-3-1-2-11(4-12)7-21-9-14(6-19-21)20-15(23)10-22-8-13(17)5-18-22/h1-6,8-9H,7,10H2,(H,20,23). The van der Waals surface area contributed by atoms with Gasteiger partial charge in [0.1, 0.15) is 6.54 Å². The maximum Gasteiger partial charge on any atom is 0.246 e. The third-order valence-corrected chi connectivity index (χ3v) is 3.49. The fourth-order valence-corrected chi connectivity index (χ4v) is 2.48. The number of hydrogen-bond donors (Lipinski definition) is 1. The Kier molecular flexibility index (Phi) is 4.64. The molecule has 0 unspecified atom stereocenters. The summed E-state index contributed by atoms with van der Waals surface area (Å²) in [6, 6.07) is 7.55. The lowest BCUT2D eigenvalue weighted by Gasteiger charge is -2.03. The van der Waals surface area contributed by atoms with E-state index in [4.69, 9.17) is 23.2 Å². The Hall–Kier alpha value is -2.31. The summed E-state index contributed by atoms with van der Waals surface area (Å²) in [5, 5.41) is 12.1. The van der Waals surface area contributed by atoms with Gasteiger partial charge in [-0.25, -0.2) is 0 Å². The molecule has 0 radical (unpaired) electrons. The second-order valence-electron chi connectivity index (χ2n) is 4.96. The molecule has 0 saturated carbocycles. The van der Waals surface area contributed by atoms with E-state index < -0.39 is 0 Å². The lowest BCUT2D eigenvalue weighted by Crippen LogP contribution is -2.18. The average molecular weight is 350 g/mol. The zero-order valence-corrected chi connectivity index (χ0v) is 13.5. The van der Waals surface area contributed by atoms with Gasteiger partial charge in [0.05, 0.1) is 29.6 Å². The van der Waals surface area contributed by atoms with Gasteiger partial charge in [0.2, 0.25) is 5.91 Å². The summed E-state index contributed by atoms with van der Waals surface area (Å²) in [5.74, 6) is -0.202. The molecule has 0 bridgehead atoms. The van der Waals surface area contributed by atoms with Gasteiger partial charge in [-0.05, 0) is 17.7 Å². The molecule has 1 aromatic carbocycles. The van der Waals surface area contributed by atoms with Crippen molar-refractivity contribution in [1.82, 2.24) is 19.6 Å². The van der Waals surface area contributed by atoms with Crippen molar-refractivity contribution in [3.05, 3.63) is 64.7 Å². The van der Waals surface area contributed by atoms with Gasteiger partial charge in [-0.1, -0.05) is 35.3 Å². The van der Waals surface area contributed by atoms with Crippen molar-refractivity contribution in [1.29, 1.82) is 0 Å². The number of amides is 1. The largest absolute Gasteiger partial charge is 0.322 e. The Morgan fingerprint density at radius 1 is 1.09 bits per heavy atom. The molecule has 0 aliphatic carbocycles. The molecule has 0 saturated heterocycles. The number of benzene rings is 1. The Labute approximate surface area is 142 Å². The van der Waals surface area contributed by atoms with Crippen molar-refractivity contribution in [2.75, 3.05) is 5.32 Å². The first-order valence-electron chi connectivity index (χ1n) is 6.83. The molecule has 0 aliphatic heterocycles. The first-order chi connectivity index (χ1) is 11.1. The molecule has 0 spiro atoms. The number of nitrogens with one attached hydrogen (secondary N) is 1. The summed E-state index contributed by atoms with van der Waals surface area (Å²) in [5.41, 5.74) is 1.65. The monoisotopic (exact) mass is 349 g/mol. The molecular weight excluding hydrogens is 337 g/mol. The van der Waals surface area contributed by atoms with E-state index in [1.54, 1.807) is 23.3 Å². The molecule has 6 nitrogen and oxygen atoms in total. The molecule has 118 valence electrons. The van der Waals surface area contributed by atoms with Gasteiger partial charge in [-0.15, -0.1) is 0 Å². The molecule has 0 aliphatic rings. The fraction of sp³-hybridized carbons (Fsp3) is 0.133. The highest BCUT2D eigenvalue weighted by atomic mass is 35.5. The molecule has 0 fully saturated rings. The minimum atomic E-state index is -0.202. The van der Waals surface area contributed by atoms with Gasteiger partial charge in [-0.2, -0.15) is 10.2 Å². The van der Waals surface area contributed by atoms with Gasteiger partial charge in [0.15, 0.2) is 0 Å². The normalized spacial score (nSPS) is 10.7. The maximum absolute atomic E-state index is 11.9. The zero-order valence-electron chi connectivity index (χ0n) is 12.0. The van der Waals surface area contributed by atoms with Crippen molar-refractivity contribution >= 4 is 34.8 Å². The van der Waals surface area contributed by atoms with E-state index in [2.05, 4.69) is 15.5 Å². The topological polar surface area (TPSA) is 64.7 Å². The summed E-state index contributed by atoms with van der Waals surface area (Å²) in [6.07, 6.45) is 6.43. The molecule has 2 aromatic heterocycles. The molecule has 3 aromatic rings. The average Bonchev–Trinajstić information content (AvgIpc) is 3.08. The third-order valence-electron chi connectivity index (χ3n) is 3.06. The van der Waals surface area contributed by atoms with Crippen LogP contribution in [0.15, 0.2) is 49.1 Å². The Bertz CT molecular complexity index is 827. The van der Waals surface area contributed by atoms with Crippen molar-refractivity contribution < 1.29 is 4.79 Å². The Morgan fingerprint density at radius 2 is 1.91 bits per heavy atom. The minimum absolute atomic E-state index is 0.0895. The third kappa shape index (κ3) is 4.34. The maximum atomic E-state index is 11.9. The summed E-state index contributed by atoms with van der Waals surface area (Å²) < 4.78 is 3.19. The van der Waals surface area contributed by atoms with Crippen LogP contribution in [-0.4, -0.2) is 25.5 Å². The first-order valence-corrected chi connectivity index (χ1v) is 7.59. The van der Waals surface area contributed by atoms with Crippen LogP contribution in [0, 0.1) is 0 Å². The van der Waals surface area contributed by atoms with Crippen LogP contribution in [0.4, 0.5) is 5.69 Å². The molecule has 3 rings (SSSR count). The number of hydrogen-bond acceptors (Lipinski definition) is 3. The van der Waals surface area contributed by atoms with Crippen LogP contribution < -0.4 is 5.32 Å². The fourth-order valence-electron chi connectivity index (χ4n) is 2.11. The van der Waals surface area contributed by atoms with E-state index >= 15 is 0 Å². The predicted octanol–water partition coefficient (Wildman–Crippen LogP) is 3.07. The van der Waals surface area contributed by atoms with Gasteiger partial charge in [-0.3, -0.25) is 14.2 Å². The Morgan fingerprint density at radius 3 is 2.65 bits per heavy atom. The van der Waals surface area contributed by atoms with Gasteiger partial charge < -0.3 is 5.32 Å². The predicted molar refractivity (Wildman–Crippen MR) is 88.6 cm³/mol. The lowest BCUT2D eigenvalue weighted by atomic mass is 10.2. The zero-order chi connectivity index (χ0) is 16.2. The number of carbonyl (C=O) groups excluding carboxylic acids is 1. The van der Waals surface area contributed by atoms with Crippen LogP contribution >= 0.6 is 23.2 Å². The first kappa shape index (κ1) is 15.6. The second kappa shape index (κ2) is 6.85. The van der Waals surface area contributed by atoms with Gasteiger partial charge >= 0.3 is 0 Å². The van der Waals surface area contributed by atoms with E-state index in [1.807, 2.05) is 24.3 Å². The quantitative estimate of drug-likeness (QED) is 0.769. The highest BCUT2D eigenvalue weighted by molar-refractivity contribution is 6.30. The molecular formula is C15H13Cl2N5O. The summed E-state index contributed by atoms with van der Waals surface area (Å²) in [6.45, 7) is 0.664. The number of aromatic nitrogens is 4. The molecule has 0 atom stereocenters. The van der Waals surface area contributed by atoms with E-state index in [1.165, 1.54) is 10.9 Å². The summed E-state index contributed by atoms with van der Waals surface area (Å²) in [4.78, 5) is 11.9. The number of rotatable bonds is 5. The molecule has 8 heteroatoms. The van der Waals surface area contributed by atoms with Gasteiger partial charge in [0.25, 0.3) is 0 Å². The lowest BCUT2D eigenvalue weighted by molar-refractivity contribution is -0.116. The van der Waals surface area contributed by atoms with Crippen molar-refractivity contribution in [2.24, 2.45) is 0 Å². The Balaban J connectivity index is 1.59. The van der Waals surface area contributed by atoms with Crippen LogP contribution in [0.3, 0.4) is 0 Å². The highest BCUT2D eigenvalue weighted by Crippen LogP contribution is 2.13. The highest BCUT2D eigenvalue weighted by Gasteiger charge is 2.07. The van der Waals surface area contributed by atoms with E-state index in [0.717, 1.165) is 5.56 Å². The summed E-state index contributed by atoms with van der Waals surface area (Å²) in [7, 11) is 0. The van der Waals surface area contributed by atoms with E-state index in [-0.39, 0.29) is 12.5 Å².